The third-order valence-corrected chi connectivity index (χ3v) is 3.39. The van der Waals surface area contributed by atoms with E-state index in [-0.39, 0.29) is 6.10 Å². The standard InChI is InChI=1S/C10H19NO2/c1-10(13)5-6-11(7-10)8-3-2-4-9(8)12/h8-9,12-13H,2-7H2,1H3/t8-,9-,10?/m0/s1. The van der Waals surface area contributed by atoms with Gasteiger partial charge in [0, 0.05) is 19.1 Å². The Kier molecular flexibility index (Phi) is 2.34. The van der Waals surface area contributed by atoms with Gasteiger partial charge in [0.25, 0.3) is 0 Å². The zero-order valence-corrected chi connectivity index (χ0v) is 8.24. The van der Waals surface area contributed by atoms with Gasteiger partial charge in [0.05, 0.1) is 11.7 Å². The van der Waals surface area contributed by atoms with E-state index in [2.05, 4.69) is 4.90 Å². The fourth-order valence-corrected chi connectivity index (χ4v) is 2.61. The summed E-state index contributed by atoms with van der Waals surface area (Å²) in [5.74, 6) is 0. The molecule has 13 heavy (non-hydrogen) atoms. The van der Waals surface area contributed by atoms with E-state index in [4.69, 9.17) is 0 Å². The number of likely N-dealkylation sites (tertiary alicyclic amines) is 1. The highest BCUT2D eigenvalue weighted by Crippen LogP contribution is 2.30. The van der Waals surface area contributed by atoms with E-state index in [1.807, 2.05) is 6.92 Å². The first kappa shape index (κ1) is 9.44. The van der Waals surface area contributed by atoms with E-state index in [0.717, 1.165) is 38.8 Å². The molecule has 0 aromatic carbocycles. The molecule has 1 aliphatic heterocycles. The quantitative estimate of drug-likeness (QED) is 0.620. The zero-order chi connectivity index (χ0) is 9.47. The predicted molar refractivity (Wildman–Crippen MR) is 50.5 cm³/mol. The van der Waals surface area contributed by atoms with Gasteiger partial charge in [-0.15, -0.1) is 0 Å². The lowest BCUT2D eigenvalue weighted by Crippen LogP contribution is -2.41. The number of hydrogen-bond acceptors (Lipinski definition) is 3. The number of rotatable bonds is 1. The maximum absolute atomic E-state index is 9.79. The van der Waals surface area contributed by atoms with Crippen LogP contribution >= 0.6 is 0 Å². The third-order valence-electron chi connectivity index (χ3n) is 3.39. The maximum atomic E-state index is 9.79. The van der Waals surface area contributed by atoms with E-state index in [0.29, 0.717) is 6.04 Å². The van der Waals surface area contributed by atoms with Crippen LogP contribution in [0.15, 0.2) is 0 Å². The van der Waals surface area contributed by atoms with Gasteiger partial charge < -0.3 is 10.2 Å². The summed E-state index contributed by atoms with van der Waals surface area (Å²) in [4.78, 5) is 2.25. The molecule has 1 unspecified atom stereocenters. The molecule has 0 aromatic rings. The second-order valence-electron chi connectivity index (χ2n) is 4.78. The average molecular weight is 185 g/mol. The molecule has 2 N–H and O–H groups in total. The Labute approximate surface area is 79.4 Å². The smallest absolute Gasteiger partial charge is 0.0758 e. The lowest BCUT2D eigenvalue weighted by Gasteiger charge is -2.27. The van der Waals surface area contributed by atoms with Crippen LogP contribution < -0.4 is 0 Å². The van der Waals surface area contributed by atoms with Crippen molar-refractivity contribution in [3.05, 3.63) is 0 Å². The van der Waals surface area contributed by atoms with Gasteiger partial charge in [-0.1, -0.05) is 0 Å². The Hall–Kier alpha value is -0.120. The first-order valence-electron chi connectivity index (χ1n) is 5.23. The number of aliphatic hydroxyl groups is 2. The van der Waals surface area contributed by atoms with Crippen LogP contribution in [-0.4, -0.2) is 45.9 Å². The average Bonchev–Trinajstić information content (AvgIpc) is 2.56. The molecule has 0 bridgehead atoms. The van der Waals surface area contributed by atoms with Gasteiger partial charge in [-0.3, -0.25) is 4.90 Å². The van der Waals surface area contributed by atoms with Crippen LogP contribution in [0.2, 0.25) is 0 Å². The minimum Gasteiger partial charge on any atom is -0.391 e. The van der Waals surface area contributed by atoms with E-state index in [1.165, 1.54) is 0 Å². The highest BCUT2D eigenvalue weighted by Gasteiger charge is 2.39. The Balaban J connectivity index is 1.95. The van der Waals surface area contributed by atoms with Gasteiger partial charge in [-0.2, -0.15) is 0 Å². The van der Waals surface area contributed by atoms with Crippen molar-refractivity contribution in [1.29, 1.82) is 0 Å². The second kappa shape index (κ2) is 3.23. The molecule has 0 spiro atoms. The predicted octanol–water partition coefficient (Wildman–Crippen LogP) is 0.357. The Morgan fingerprint density at radius 3 is 2.62 bits per heavy atom. The largest absolute Gasteiger partial charge is 0.391 e. The molecule has 1 aliphatic carbocycles. The molecule has 2 aliphatic rings. The van der Waals surface area contributed by atoms with Crippen molar-refractivity contribution >= 4 is 0 Å². The molecule has 1 saturated heterocycles. The van der Waals surface area contributed by atoms with Gasteiger partial charge in [0.2, 0.25) is 0 Å². The van der Waals surface area contributed by atoms with Gasteiger partial charge in [-0.25, -0.2) is 0 Å². The Bertz CT molecular complexity index is 193. The van der Waals surface area contributed by atoms with E-state index < -0.39 is 5.60 Å². The molecule has 2 rings (SSSR count). The van der Waals surface area contributed by atoms with Crippen LogP contribution in [-0.2, 0) is 0 Å². The summed E-state index contributed by atoms with van der Waals surface area (Å²) in [5, 5.41) is 19.5. The van der Waals surface area contributed by atoms with Crippen molar-refractivity contribution in [2.45, 2.75) is 50.4 Å². The molecular formula is C10H19NO2. The normalized spacial score (nSPS) is 47.3. The summed E-state index contributed by atoms with van der Waals surface area (Å²) in [5.41, 5.74) is -0.525. The molecule has 1 heterocycles. The van der Waals surface area contributed by atoms with Crippen molar-refractivity contribution in [2.24, 2.45) is 0 Å². The molecule has 3 atom stereocenters. The summed E-state index contributed by atoms with van der Waals surface area (Å²) in [7, 11) is 0. The van der Waals surface area contributed by atoms with Crippen LogP contribution in [0.1, 0.15) is 32.6 Å². The molecule has 0 radical (unpaired) electrons. The SMILES string of the molecule is CC1(O)CCN([C@H]2CCC[C@@H]2O)C1. The fourth-order valence-electron chi connectivity index (χ4n) is 2.61. The molecule has 0 aromatic heterocycles. The number of nitrogens with zero attached hydrogens (tertiary/aromatic N) is 1. The summed E-state index contributed by atoms with van der Waals surface area (Å²) in [6.07, 6.45) is 3.84. The summed E-state index contributed by atoms with van der Waals surface area (Å²) < 4.78 is 0. The number of aliphatic hydroxyl groups excluding tert-OH is 1. The van der Waals surface area contributed by atoms with E-state index in [1.54, 1.807) is 0 Å². The van der Waals surface area contributed by atoms with Gasteiger partial charge >= 0.3 is 0 Å². The first-order valence-corrected chi connectivity index (χ1v) is 5.23. The van der Waals surface area contributed by atoms with Crippen molar-refractivity contribution < 1.29 is 10.2 Å². The summed E-state index contributed by atoms with van der Waals surface area (Å²) in [6, 6.07) is 0.314. The Morgan fingerprint density at radius 1 is 1.38 bits per heavy atom. The van der Waals surface area contributed by atoms with Gasteiger partial charge in [-0.05, 0) is 32.6 Å². The van der Waals surface area contributed by atoms with Crippen LogP contribution in [0.3, 0.4) is 0 Å². The highest BCUT2D eigenvalue weighted by atomic mass is 16.3. The van der Waals surface area contributed by atoms with Gasteiger partial charge in [0.1, 0.15) is 0 Å². The molecule has 0 amide bonds. The Morgan fingerprint density at radius 2 is 2.15 bits per heavy atom. The maximum Gasteiger partial charge on any atom is 0.0758 e. The lowest BCUT2D eigenvalue weighted by molar-refractivity contribution is 0.0410. The molecule has 76 valence electrons. The monoisotopic (exact) mass is 185 g/mol. The van der Waals surface area contributed by atoms with Crippen molar-refractivity contribution in [1.82, 2.24) is 4.90 Å². The lowest BCUT2D eigenvalue weighted by atomic mass is 10.1. The number of hydrogen-bond donors (Lipinski definition) is 2. The van der Waals surface area contributed by atoms with Crippen LogP contribution in [0.25, 0.3) is 0 Å². The minimum absolute atomic E-state index is 0.158. The molecule has 1 saturated carbocycles. The van der Waals surface area contributed by atoms with Crippen LogP contribution in [0, 0.1) is 0 Å². The van der Waals surface area contributed by atoms with Crippen LogP contribution in [0.4, 0.5) is 0 Å². The van der Waals surface area contributed by atoms with Crippen LogP contribution in [0.5, 0.6) is 0 Å². The molecule has 2 fully saturated rings. The van der Waals surface area contributed by atoms with Crippen molar-refractivity contribution in [3.63, 3.8) is 0 Å². The third kappa shape index (κ3) is 1.87. The van der Waals surface area contributed by atoms with E-state index >= 15 is 0 Å². The summed E-state index contributed by atoms with van der Waals surface area (Å²) >= 11 is 0. The van der Waals surface area contributed by atoms with E-state index in [9.17, 15) is 10.2 Å². The molecule has 3 heteroatoms. The van der Waals surface area contributed by atoms with Gasteiger partial charge in [0.15, 0.2) is 0 Å². The number of β-amino-alcohol motifs (C(OH)–C–C–N with tert-alkyl or cyclic N) is 1. The molecular weight excluding hydrogens is 166 g/mol. The first-order chi connectivity index (χ1) is 6.08. The summed E-state index contributed by atoms with van der Waals surface area (Å²) in [6.45, 7) is 3.55. The second-order valence-corrected chi connectivity index (χ2v) is 4.78. The topological polar surface area (TPSA) is 43.7 Å². The molecule has 3 nitrogen and oxygen atoms in total. The fraction of sp³-hybridized carbons (Fsp3) is 1.00. The zero-order valence-electron chi connectivity index (χ0n) is 8.24. The van der Waals surface area contributed by atoms with Crippen molar-refractivity contribution in [2.75, 3.05) is 13.1 Å². The van der Waals surface area contributed by atoms with Crippen molar-refractivity contribution in [3.8, 4) is 0 Å². The minimum atomic E-state index is -0.525. The highest BCUT2D eigenvalue weighted by molar-refractivity contribution is 4.93.